The molecule has 1 aromatic heterocycles. The van der Waals surface area contributed by atoms with Gasteiger partial charge in [-0.2, -0.15) is 0 Å². The van der Waals surface area contributed by atoms with Gasteiger partial charge in [0.1, 0.15) is 9.23 Å². The van der Waals surface area contributed by atoms with Crippen molar-refractivity contribution in [2.45, 2.75) is 30.7 Å². The highest BCUT2D eigenvalue weighted by atomic mass is 35.5. The average molecular weight is 346 g/mol. The van der Waals surface area contributed by atoms with E-state index in [1.165, 1.54) is 6.07 Å². The van der Waals surface area contributed by atoms with Crippen molar-refractivity contribution in [1.29, 1.82) is 0 Å². The van der Waals surface area contributed by atoms with E-state index in [4.69, 9.17) is 34.1 Å². The number of halogens is 2. The van der Waals surface area contributed by atoms with Gasteiger partial charge in [-0.25, -0.2) is 13.1 Å². The SMILES string of the molecule is CCCC(NS(=O)(=O)c1cc(Cl)sc1Cl)/C(N)=N/O. The van der Waals surface area contributed by atoms with Gasteiger partial charge in [0, 0.05) is 0 Å². The molecule has 0 bridgehead atoms. The Labute approximate surface area is 125 Å². The number of nitrogens with one attached hydrogen (secondary N) is 1. The van der Waals surface area contributed by atoms with Gasteiger partial charge in [-0.3, -0.25) is 0 Å². The van der Waals surface area contributed by atoms with E-state index in [1.807, 2.05) is 6.92 Å². The second kappa shape index (κ2) is 6.76. The third kappa shape index (κ3) is 4.22. The molecule has 0 aliphatic carbocycles. The Balaban J connectivity index is 3.04. The summed E-state index contributed by atoms with van der Waals surface area (Å²) in [5.41, 5.74) is 5.45. The van der Waals surface area contributed by atoms with Crippen LogP contribution in [0.25, 0.3) is 0 Å². The number of rotatable bonds is 6. The molecule has 0 radical (unpaired) electrons. The molecule has 19 heavy (non-hydrogen) atoms. The molecule has 10 heteroatoms. The van der Waals surface area contributed by atoms with Crippen LogP contribution < -0.4 is 10.5 Å². The van der Waals surface area contributed by atoms with Gasteiger partial charge in [0.25, 0.3) is 0 Å². The molecule has 4 N–H and O–H groups in total. The summed E-state index contributed by atoms with van der Waals surface area (Å²) in [4.78, 5) is -0.115. The molecular formula is C9H13Cl2N3O3S2. The molecule has 6 nitrogen and oxygen atoms in total. The van der Waals surface area contributed by atoms with Gasteiger partial charge in [0.2, 0.25) is 10.0 Å². The zero-order chi connectivity index (χ0) is 14.6. The Bertz CT molecular complexity index is 571. The van der Waals surface area contributed by atoms with Crippen molar-refractivity contribution in [2.75, 3.05) is 0 Å². The minimum absolute atomic E-state index is 0.0623. The lowest BCUT2D eigenvalue weighted by Crippen LogP contribution is -2.44. The molecule has 0 aromatic carbocycles. The maximum atomic E-state index is 12.1. The fraction of sp³-hybridized carbons (Fsp3) is 0.444. The monoisotopic (exact) mass is 345 g/mol. The highest BCUT2D eigenvalue weighted by Crippen LogP contribution is 2.34. The van der Waals surface area contributed by atoms with E-state index >= 15 is 0 Å². The van der Waals surface area contributed by atoms with Crippen LogP contribution in [0.15, 0.2) is 16.1 Å². The number of nitrogens with zero attached hydrogens (tertiary/aromatic N) is 1. The quantitative estimate of drug-likeness (QED) is 0.318. The van der Waals surface area contributed by atoms with Gasteiger partial charge in [0.15, 0.2) is 5.84 Å². The van der Waals surface area contributed by atoms with Crippen LogP contribution in [-0.4, -0.2) is 25.5 Å². The molecule has 1 heterocycles. The second-order valence-corrected chi connectivity index (χ2v) is 7.64. The molecule has 0 spiro atoms. The second-order valence-electron chi connectivity index (χ2n) is 3.68. The first-order valence-electron chi connectivity index (χ1n) is 5.26. The minimum Gasteiger partial charge on any atom is -0.409 e. The molecule has 0 aliphatic rings. The van der Waals surface area contributed by atoms with Crippen LogP contribution in [0.5, 0.6) is 0 Å². The number of sulfonamides is 1. The van der Waals surface area contributed by atoms with Crippen LogP contribution in [0.4, 0.5) is 0 Å². The lowest BCUT2D eigenvalue weighted by molar-refractivity contribution is 0.315. The fourth-order valence-electron chi connectivity index (χ4n) is 1.38. The molecule has 1 aromatic rings. The number of hydrogen-bond donors (Lipinski definition) is 3. The largest absolute Gasteiger partial charge is 0.409 e. The zero-order valence-corrected chi connectivity index (χ0v) is 13.1. The van der Waals surface area contributed by atoms with Crippen molar-refractivity contribution in [2.24, 2.45) is 10.9 Å². The van der Waals surface area contributed by atoms with E-state index < -0.39 is 16.1 Å². The van der Waals surface area contributed by atoms with Gasteiger partial charge in [-0.15, -0.1) is 11.3 Å². The predicted octanol–water partition coefficient (Wildman–Crippen LogP) is 2.25. The first-order valence-corrected chi connectivity index (χ1v) is 8.32. The van der Waals surface area contributed by atoms with Crippen molar-refractivity contribution < 1.29 is 13.6 Å². The van der Waals surface area contributed by atoms with E-state index in [0.717, 1.165) is 11.3 Å². The van der Waals surface area contributed by atoms with Crippen molar-refractivity contribution in [3.63, 3.8) is 0 Å². The molecule has 1 rings (SSSR count). The summed E-state index contributed by atoms with van der Waals surface area (Å²) in [6.07, 6.45) is 1.05. The predicted molar refractivity (Wildman–Crippen MR) is 76.8 cm³/mol. The van der Waals surface area contributed by atoms with Crippen molar-refractivity contribution in [1.82, 2.24) is 4.72 Å². The van der Waals surface area contributed by atoms with Gasteiger partial charge in [-0.1, -0.05) is 41.7 Å². The Morgan fingerprint density at radius 1 is 1.63 bits per heavy atom. The molecule has 0 amide bonds. The highest BCUT2D eigenvalue weighted by Gasteiger charge is 2.26. The summed E-state index contributed by atoms with van der Waals surface area (Å²) < 4.78 is 26.9. The third-order valence-electron chi connectivity index (χ3n) is 2.26. The van der Waals surface area contributed by atoms with Gasteiger partial charge < -0.3 is 10.9 Å². The summed E-state index contributed by atoms with van der Waals surface area (Å²) in [6.45, 7) is 1.85. The third-order valence-corrected chi connectivity index (χ3v) is 5.49. The van der Waals surface area contributed by atoms with E-state index in [1.54, 1.807) is 0 Å². The normalized spacial score (nSPS) is 14.6. The van der Waals surface area contributed by atoms with Crippen molar-refractivity contribution >= 4 is 50.4 Å². The molecular weight excluding hydrogens is 333 g/mol. The molecule has 0 saturated heterocycles. The van der Waals surface area contributed by atoms with Crippen LogP contribution in [0.1, 0.15) is 19.8 Å². The average Bonchev–Trinajstić information content (AvgIpc) is 2.67. The van der Waals surface area contributed by atoms with Crippen LogP contribution in [0.2, 0.25) is 8.67 Å². The van der Waals surface area contributed by atoms with Gasteiger partial charge in [0.05, 0.1) is 10.4 Å². The van der Waals surface area contributed by atoms with Gasteiger partial charge >= 0.3 is 0 Å². The van der Waals surface area contributed by atoms with Crippen LogP contribution >= 0.6 is 34.5 Å². The molecule has 108 valence electrons. The van der Waals surface area contributed by atoms with Crippen molar-refractivity contribution in [3.05, 3.63) is 14.7 Å². The lowest BCUT2D eigenvalue weighted by Gasteiger charge is -2.16. The number of thiophene rings is 1. The number of oxime groups is 1. The maximum Gasteiger partial charge on any atom is 0.243 e. The highest BCUT2D eigenvalue weighted by molar-refractivity contribution is 7.89. The first kappa shape index (κ1) is 16.5. The van der Waals surface area contributed by atoms with Crippen LogP contribution in [0, 0.1) is 0 Å². The molecule has 0 fully saturated rings. The minimum atomic E-state index is -3.87. The Hall–Kier alpha value is -0.540. The Morgan fingerprint density at radius 2 is 2.26 bits per heavy atom. The smallest absolute Gasteiger partial charge is 0.243 e. The lowest BCUT2D eigenvalue weighted by atomic mass is 10.2. The summed E-state index contributed by atoms with van der Waals surface area (Å²) in [7, 11) is -3.87. The number of hydrogen-bond acceptors (Lipinski definition) is 5. The molecule has 1 atom stereocenters. The van der Waals surface area contributed by atoms with E-state index in [2.05, 4.69) is 9.88 Å². The van der Waals surface area contributed by atoms with E-state index in [9.17, 15) is 8.42 Å². The summed E-state index contributed by atoms with van der Waals surface area (Å²) >= 11 is 12.5. The van der Waals surface area contributed by atoms with Crippen molar-refractivity contribution in [3.8, 4) is 0 Å². The topological polar surface area (TPSA) is 105 Å². The van der Waals surface area contributed by atoms with Crippen LogP contribution in [0.3, 0.4) is 0 Å². The first-order chi connectivity index (χ1) is 8.81. The summed E-state index contributed by atoms with van der Waals surface area (Å²) in [5, 5.41) is 11.5. The Kier molecular flexibility index (Phi) is 5.87. The summed E-state index contributed by atoms with van der Waals surface area (Å²) in [6, 6.07) is 0.460. The molecule has 0 aliphatic heterocycles. The zero-order valence-electron chi connectivity index (χ0n) is 9.93. The standard InChI is InChI=1S/C9H13Cl2N3O3S2/c1-2-3-5(9(12)13-15)14-19(16,17)6-4-7(10)18-8(6)11/h4-5,14-15H,2-3H2,1H3,(H2,12,13). The van der Waals surface area contributed by atoms with Gasteiger partial charge in [-0.05, 0) is 12.5 Å². The number of amidine groups is 1. The molecule has 0 saturated carbocycles. The summed E-state index contributed by atoms with van der Waals surface area (Å²) in [5.74, 6) is -0.206. The van der Waals surface area contributed by atoms with Crippen LogP contribution in [-0.2, 0) is 10.0 Å². The Morgan fingerprint density at radius 3 is 2.68 bits per heavy atom. The maximum absolute atomic E-state index is 12.1. The van der Waals surface area contributed by atoms with E-state index in [0.29, 0.717) is 12.8 Å². The number of nitrogens with two attached hydrogens (primary N) is 1. The van der Waals surface area contributed by atoms with E-state index in [-0.39, 0.29) is 19.4 Å². The molecule has 1 unspecified atom stereocenters. The fourth-order valence-corrected chi connectivity index (χ4v) is 4.78.